The Kier molecular flexibility index (Phi) is 5.65. The highest BCUT2D eigenvalue weighted by Gasteiger charge is 2.23. The molecule has 0 amide bonds. The number of benzene rings is 1. The molecule has 1 aliphatic carbocycles. The van der Waals surface area contributed by atoms with Crippen LogP contribution in [0, 0.1) is 0 Å². The molecule has 0 bridgehead atoms. The third-order valence-corrected chi connectivity index (χ3v) is 4.36. The van der Waals surface area contributed by atoms with E-state index in [1.54, 1.807) is 5.57 Å². The van der Waals surface area contributed by atoms with E-state index in [0.717, 1.165) is 0 Å². The van der Waals surface area contributed by atoms with Crippen LogP contribution in [0.15, 0.2) is 42.0 Å². The maximum atomic E-state index is 3.58. The molecule has 1 N–H and O–H groups in total. The zero-order valence-electron chi connectivity index (χ0n) is 12.4. The zero-order valence-corrected chi connectivity index (χ0v) is 12.4. The van der Waals surface area contributed by atoms with E-state index in [0.29, 0.717) is 12.0 Å². The normalized spacial score (nSPS) is 19.4. The molecule has 0 radical (unpaired) electrons. The van der Waals surface area contributed by atoms with Crippen LogP contribution in [0.1, 0.15) is 56.9 Å². The predicted molar refractivity (Wildman–Crippen MR) is 83.5 cm³/mol. The number of nitrogens with one attached hydrogen (secondary N) is 1. The molecular weight excluding hydrogens is 230 g/mol. The molecule has 1 aromatic rings. The van der Waals surface area contributed by atoms with Crippen molar-refractivity contribution in [1.82, 2.24) is 5.32 Å². The van der Waals surface area contributed by atoms with Crippen LogP contribution < -0.4 is 5.32 Å². The van der Waals surface area contributed by atoms with Crippen molar-refractivity contribution in [2.75, 3.05) is 7.05 Å². The smallest absolute Gasteiger partial charge is 0.0345 e. The summed E-state index contributed by atoms with van der Waals surface area (Å²) in [6.07, 6.45) is 10.3. The lowest BCUT2D eigenvalue weighted by atomic mass is 9.83. The lowest BCUT2D eigenvalue weighted by Crippen LogP contribution is -2.34. The van der Waals surface area contributed by atoms with Crippen LogP contribution in [0.4, 0.5) is 0 Å². The molecule has 0 saturated carbocycles. The van der Waals surface area contributed by atoms with Crippen LogP contribution in [0.3, 0.4) is 0 Å². The third kappa shape index (κ3) is 3.70. The number of likely N-dealkylation sites (N-methyl/N-ethyl adjacent to an activating group) is 1. The quantitative estimate of drug-likeness (QED) is 0.757. The Morgan fingerprint density at radius 3 is 2.58 bits per heavy atom. The highest BCUT2D eigenvalue weighted by atomic mass is 14.9. The second kappa shape index (κ2) is 7.49. The van der Waals surface area contributed by atoms with E-state index in [-0.39, 0.29) is 0 Å². The van der Waals surface area contributed by atoms with Crippen LogP contribution in [-0.2, 0) is 0 Å². The number of rotatable bonds is 5. The van der Waals surface area contributed by atoms with Gasteiger partial charge in [-0.25, -0.2) is 0 Å². The second-order valence-electron chi connectivity index (χ2n) is 5.57. The molecule has 19 heavy (non-hydrogen) atoms. The summed E-state index contributed by atoms with van der Waals surface area (Å²) in [6.45, 7) is 2.30. The minimum absolute atomic E-state index is 0.505. The first-order valence-corrected chi connectivity index (χ1v) is 7.78. The minimum atomic E-state index is 0.505. The molecule has 2 unspecified atom stereocenters. The van der Waals surface area contributed by atoms with Crippen molar-refractivity contribution in [2.24, 2.45) is 0 Å². The Balaban J connectivity index is 2.21. The molecule has 1 heteroatoms. The molecule has 1 aromatic carbocycles. The fourth-order valence-corrected chi connectivity index (χ4v) is 3.33. The maximum Gasteiger partial charge on any atom is 0.0345 e. The van der Waals surface area contributed by atoms with Crippen LogP contribution in [-0.4, -0.2) is 13.1 Å². The van der Waals surface area contributed by atoms with E-state index in [1.165, 1.54) is 44.1 Å². The Morgan fingerprint density at radius 1 is 1.11 bits per heavy atom. The second-order valence-corrected chi connectivity index (χ2v) is 5.57. The molecule has 1 nitrogen and oxygen atoms in total. The summed E-state index contributed by atoms with van der Waals surface area (Å²) in [6, 6.07) is 11.5. The molecule has 0 aliphatic heterocycles. The van der Waals surface area contributed by atoms with E-state index >= 15 is 0 Å². The molecule has 0 saturated heterocycles. The number of hydrogen-bond donors (Lipinski definition) is 1. The summed E-state index contributed by atoms with van der Waals surface area (Å²) >= 11 is 0. The summed E-state index contributed by atoms with van der Waals surface area (Å²) < 4.78 is 0. The molecular formula is C18H27N. The van der Waals surface area contributed by atoms with Crippen LogP contribution >= 0.6 is 0 Å². The highest BCUT2D eigenvalue weighted by Crippen LogP contribution is 2.31. The number of hydrogen-bond acceptors (Lipinski definition) is 1. The molecule has 0 heterocycles. The van der Waals surface area contributed by atoms with Gasteiger partial charge in [0.15, 0.2) is 0 Å². The van der Waals surface area contributed by atoms with Crippen molar-refractivity contribution in [2.45, 2.75) is 57.4 Å². The zero-order chi connectivity index (χ0) is 13.5. The molecule has 1 aliphatic rings. The molecule has 0 spiro atoms. The van der Waals surface area contributed by atoms with Gasteiger partial charge in [0.25, 0.3) is 0 Å². The van der Waals surface area contributed by atoms with Gasteiger partial charge in [-0.1, -0.05) is 55.3 Å². The van der Waals surface area contributed by atoms with E-state index < -0.39 is 0 Å². The first-order valence-electron chi connectivity index (χ1n) is 7.78. The Labute approximate surface area is 118 Å². The SMILES string of the molecule is CCC(c1ccccc1)C(NC)C1=CCCCCC1. The van der Waals surface area contributed by atoms with Crippen molar-refractivity contribution >= 4 is 0 Å². The van der Waals surface area contributed by atoms with Gasteiger partial charge >= 0.3 is 0 Å². The van der Waals surface area contributed by atoms with Crippen molar-refractivity contribution in [3.05, 3.63) is 47.5 Å². The van der Waals surface area contributed by atoms with Crippen LogP contribution in [0.5, 0.6) is 0 Å². The van der Waals surface area contributed by atoms with Gasteiger partial charge in [-0.15, -0.1) is 0 Å². The van der Waals surface area contributed by atoms with Crippen molar-refractivity contribution in [3.63, 3.8) is 0 Å². The van der Waals surface area contributed by atoms with E-state index in [9.17, 15) is 0 Å². The summed E-state index contributed by atoms with van der Waals surface area (Å²) in [4.78, 5) is 0. The third-order valence-electron chi connectivity index (χ3n) is 4.36. The minimum Gasteiger partial charge on any atom is -0.313 e. The van der Waals surface area contributed by atoms with Gasteiger partial charge in [0.05, 0.1) is 0 Å². The van der Waals surface area contributed by atoms with Gasteiger partial charge < -0.3 is 5.32 Å². The average molecular weight is 257 g/mol. The number of allylic oxidation sites excluding steroid dienone is 1. The summed E-state index contributed by atoms with van der Waals surface area (Å²) in [5.74, 6) is 0.593. The maximum absolute atomic E-state index is 3.58. The average Bonchev–Trinajstić information content (AvgIpc) is 2.74. The van der Waals surface area contributed by atoms with E-state index in [4.69, 9.17) is 0 Å². The lowest BCUT2D eigenvalue weighted by molar-refractivity contribution is 0.487. The van der Waals surface area contributed by atoms with Gasteiger partial charge in [-0.2, -0.15) is 0 Å². The highest BCUT2D eigenvalue weighted by molar-refractivity contribution is 5.27. The summed E-state index contributed by atoms with van der Waals surface area (Å²) in [7, 11) is 2.11. The predicted octanol–water partition coefficient (Wildman–Crippen LogP) is 4.66. The van der Waals surface area contributed by atoms with Gasteiger partial charge in [-0.3, -0.25) is 0 Å². The van der Waals surface area contributed by atoms with Crippen LogP contribution in [0.25, 0.3) is 0 Å². The lowest BCUT2D eigenvalue weighted by Gasteiger charge is -2.29. The van der Waals surface area contributed by atoms with Gasteiger partial charge in [0.1, 0.15) is 0 Å². The molecule has 104 valence electrons. The van der Waals surface area contributed by atoms with Gasteiger partial charge in [0, 0.05) is 12.0 Å². The molecule has 2 rings (SSSR count). The van der Waals surface area contributed by atoms with E-state index in [2.05, 4.69) is 55.7 Å². The first kappa shape index (κ1) is 14.3. The first-order chi connectivity index (χ1) is 9.36. The molecule has 0 fully saturated rings. The fourth-order valence-electron chi connectivity index (χ4n) is 3.33. The summed E-state index contributed by atoms with van der Waals surface area (Å²) in [5, 5.41) is 3.58. The molecule has 0 aromatic heterocycles. The van der Waals surface area contributed by atoms with Crippen LogP contribution in [0.2, 0.25) is 0 Å². The molecule has 2 atom stereocenters. The Hall–Kier alpha value is -1.08. The van der Waals surface area contributed by atoms with E-state index in [1.807, 2.05) is 0 Å². The summed E-state index contributed by atoms with van der Waals surface area (Å²) in [5.41, 5.74) is 3.10. The Morgan fingerprint density at radius 2 is 1.89 bits per heavy atom. The van der Waals surface area contributed by atoms with Crippen molar-refractivity contribution in [3.8, 4) is 0 Å². The standard InChI is InChI=1S/C18H27N/c1-3-17(15-11-9-6-10-12-15)18(19-2)16-13-7-4-5-8-14-16/h6,9-13,17-19H,3-5,7-8,14H2,1-2H3. The Bertz CT molecular complexity index is 393. The monoisotopic (exact) mass is 257 g/mol. The van der Waals surface area contributed by atoms with Gasteiger partial charge in [0.2, 0.25) is 0 Å². The topological polar surface area (TPSA) is 12.0 Å². The largest absolute Gasteiger partial charge is 0.313 e. The van der Waals surface area contributed by atoms with Crippen molar-refractivity contribution in [1.29, 1.82) is 0 Å². The van der Waals surface area contributed by atoms with Crippen molar-refractivity contribution < 1.29 is 0 Å². The fraction of sp³-hybridized carbons (Fsp3) is 0.556. The van der Waals surface area contributed by atoms with Gasteiger partial charge in [-0.05, 0) is 44.7 Å².